The van der Waals surface area contributed by atoms with E-state index < -0.39 is 0 Å². The lowest BCUT2D eigenvalue weighted by Crippen LogP contribution is -2.05. The Morgan fingerprint density at radius 3 is 2.77 bits per heavy atom. The molecule has 0 radical (unpaired) electrons. The van der Waals surface area contributed by atoms with Gasteiger partial charge < -0.3 is 10.6 Å². The maximum Gasteiger partial charge on any atom is 0.259 e. The van der Waals surface area contributed by atoms with Crippen LogP contribution in [0.5, 0.6) is 0 Å². The molecule has 1 aromatic carbocycles. The van der Waals surface area contributed by atoms with Crippen molar-refractivity contribution in [3.05, 3.63) is 66.6 Å². The predicted octanol–water partition coefficient (Wildman–Crippen LogP) is 3.03. The lowest BCUT2D eigenvalue weighted by Gasteiger charge is -2.06. The summed E-state index contributed by atoms with van der Waals surface area (Å²) < 4.78 is 0. The molecular weight excluding hydrogens is 276 g/mol. The van der Waals surface area contributed by atoms with Crippen molar-refractivity contribution in [3.63, 3.8) is 0 Å². The quantitative estimate of drug-likeness (QED) is 0.711. The number of carbonyl (C=O) groups is 1. The van der Waals surface area contributed by atoms with Gasteiger partial charge in [0.15, 0.2) is 0 Å². The first kappa shape index (κ1) is 12.5. The van der Waals surface area contributed by atoms with Crippen LogP contribution in [0.3, 0.4) is 0 Å². The molecule has 22 heavy (non-hydrogen) atoms. The third kappa shape index (κ3) is 2.00. The van der Waals surface area contributed by atoms with Crippen LogP contribution in [-0.2, 0) is 4.79 Å². The zero-order valence-corrected chi connectivity index (χ0v) is 11.6. The highest BCUT2D eigenvalue weighted by Crippen LogP contribution is 2.29. The van der Waals surface area contributed by atoms with Crippen LogP contribution in [0.25, 0.3) is 16.5 Å². The van der Waals surface area contributed by atoms with Gasteiger partial charge in [0.05, 0.1) is 16.8 Å². The van der Waals surface area contributed by atoms with E-state index >= 15 is 0 Å². The molecule has 3 aromatic rings. The Kier molecular flexibility index (Phi) is 2.83. The number of nitrogens with one attached hydrogen (secondary N) is 2. The van der Waals surface area contributed by atoms with E-state index in [4.69, 9.17) is 0 Å². The largest absolute Gasteiger partial charge is 0.359 e. The maximum atomic E-state index is 12.0. The van der Waals surface area contributed by atoms with Crippen molar-refractivity contribution in [2.24, 2.45) is 0 Å². The number of fused-ring (bicyclic) bond motifs is 2. The van der Waals surface area contributed by atoms with E-state index in [2.05, 4.69) is 20.6 Å². The van der Waals surface area contributed by atoms with Crippen LogP contribution in [0.15, 0.2) is 61.1 Å². The Morgan fingerprint density at radius 2 is 1.82 bits per heavy atom. The Morgan fingerprint density at radius 1 is 1.00 bits per heavy atom. The Bertz CT molecular complexity index is 912. The average molecular weight is 288 g/mol. The first-order chi connectivity index (χ1) is 10.8. The van der Waals surface area contributed by atoms with Gasteiger partial charge in [-0.25, -0.2) is 4.98 Å². The second kappa shape index (κ2) is 4.96. The summed E-state index contributed by atoms with van der Waals surface area (Å²) in [5.74, 6) is 0.436. The number of hydrogen-bond acceptors (Lipinski definition) is 4. The van der Waals surface area contributed by atoms with Crippen molar-refractivity contribution in [3.8, 4) is 0 Å². The number of carbonyl (C=O) groups excluding carboxylic acids is 1. The van der Waals surface area contributed by atoms with E-state index in [9.17, 15) is 4.79 Å². The zero-order chi connectivity index (χ0) is 14.9. The standard InChI is InChI=1S/C17H12N4O/c22-17-13(12-6-3-9-19-16(12)21-17)10-20-14-7-1-4-11-5-2-8-18-15(11)14/h1-10,20H,(H,19,21,22). The molecule has 0 spiro atoms. The summed E-state index contributed by atoms with van der Waals surface area (Å²) in [6, 6.07) is 13.5. The van der Waals surface area contributed by atoms with E-state index in [0.29, 0.717) is 11.4 Å². The van der Waals surface area contributed by atoms with Gasteiger partial charge in [-0.2, -0.15) is 0 Å². The summed E-state index contributed by atoms with van der Waals surface area (Å²) in [7, 11) is 0. The van der Waals surface area contributed by atoms with Crippen LogP contribution in [0, 0.1) is 0 Å². The fourth-order valence-corrected chi connectivity index (χ4v) is 2.53. The first-order valence-corrected chi connectivity index (χ1v) is 6.90. The Labute approximate surface area is 126 Å². The smallest absolute Gasteiger partial charge is 0.259 e. The summed E-state index contributed by atoms with van der Waals surface area (Å²) in [6.45, 7) is 0. The van der Waals surface area contributed by atoms with Gasteiger partial charge >= 0.3 is 0 Å². The number of aromatic nitrogens is 2. The fraction of sp³-hybridized carbons (Fsp3) is 0. The number of benzene rings is 1. The van der Waals surface area contributed by atoms with Crippen molar-refractivity contribution in [2.45, 2.75) is 0 Å². The molecule has 106 valence electrons. The molecule has 2 aromatic heterocycles. The molecule has 0 atom stereocenters. The third-order valence-corrected chi connectivity index (χ3v) is 3.58. The zero-order valence-electron chi connectivity index (χ0n) is 11.6. The second-order valence-electron chi connectivity index (χ2n) is 4.94. The molecular formula is C17H12N4O. The predicted molar refractivity (Wildman–Crippen MR) is 86.2 cm³/mol. The van der Waals surface area contributed by atoms with Crippen LogP contribution >= 0.6 is 0 Å². The first-order valence-electron chi connectivity index (χ1n) is 6.90. The van der Waals surface area contributed by atoms with Crippen LogP contribution < -0.4 is 10.6 Å². The Balaban J connectivity index is 1.74. The summed E-state index contributed by atoms with van der Waals surface area (Å²) in [5, 5.41) is 6.98. The van der Waals surface area contributed by atoms with Crippen molar-refractivity contribution < 1.29 is 4.79 Å². The molecule has 0 bridgehead atoms. The van der Waals surface area contributed by atoms with Gasteiger partial charge in [0.1, 0.15) is 5.82 Å². The van der Waals surface area contributed by atoms with Crippen LogP contribution in [-0.4, -0.2) is 15.9 Å². The number of para-hydroxylation sites is 1. The molecule has 1 aliphatic heterocycles. The number of rotatable bonds is 2. The minimum Gasteiger partial charge on any atom is -0.359 e. The lowest BCUT2D eigenvalue weighted by molar-refractivity contribution is -0.110. The van der Waals surface area contributed by atoms with Crippen molar-refractivity contribution in [2.75, 3.05) is 10.6 Å². The molecule has 0 aliphatic carbocycles. The summed E-state index contributed by atoms with van der Waals surface area (Å²) in [5.41, 5.74) is 3.09. The van der Waals surface area contributed by atoms with E-state index in [1.807, 2.05) is 42.5 Å². The van der Waals surface area contributed by atoms with Crippen molar-refractivity contribution >= 4 is 33.9 Å². The van der Waals surface area contributed by atoms with Gasteiger partial charge in [0.2, 0.25) is 0 Å². The number of anilines is 2. The summed E-state index contributed by atoms with van der Waals surface area (Å²) >= 11 is 0. The normalized spacial score (nSPS) is 14.9. The second-order valence-corrected chi connectivity index (χ2v) is 4.94. The molecule has 3 heterocycles. The van der Waals surface area contributed by atoms with E-state index in [-0.39, 0.29) is 5.91 Å². The number of pyridine rings is 2. The van der Waals surface area contributed by atoms with Gasteiger partial charge in [0, 0.05) is 29.5 Å². The van der Waals surface area contributed by atoms with Crippen molar-refractivity contribution in [1.29, 1.82) is 0 Å². The van der Waals surface area contributed by atoms with Crippen LogP contribution in [0.1, 0.15) is 5.56 Å². The highest BCUT2D eigenvalue weighted by molar-refractivity contribution is 6.31. The lowest BCUT2D eigenvalue weighted by atomic mass is 10.1. The highest BCUT2D eigenvalue weighted by Gasteiger charge is 2.24. The topological polar surface area (TPSA) is 66.9 Å². The molecule has 0 unspecified atom stereocenters. The molecule has 0 saturated heterocycles. The molecule has 1 aliphatic rings. The maximum absolute atomic E-state index is 12.0. The van der Waals surface area contributed by atoms with Crippen LogP contribution in [0.2, 0.25) is 0 Å². The monoisotopic (exact) mass is 288 g/mol. The molecule has 5 heteroatoms. The minimum atomic E-state index is -0.158. The van der Waals surface area contributed by atoms with Gasteiger partial charge in [-0.3, -0.25) is 9.78 Å². The van der Waals surface area contributed by atoms with Gasteiger partial charge in [-0.15, -0.1) is 0 Å². The molecule has 0 saturated carbocycles. The van der Waals surface area contributed by atoms with Crippen molar-refractivity contribution in [1.82, 2.24) is 9.97 Å². The number of hydrogen-bond donors (Lipinski definition) is 2. The summed E-state index contributed by atoms with van der Waals surface area (Å²) in [6.07, 6.45) is 5.11. The van der Waals surface area contributed by atoms with E-state index in [1.165, 1.54) is 0 Å². The molecule has 2 N–H and O–H groups in total. The SMILES string of the molecule is O=C1Nc2ncccc2C1=CNc1cccc2cccnc12. The molecule has 4 rings (SSSR count). The minimum absolute atomic E-state index is 0.158. The van der Waals surface area contributed by atoms with E-state index in [0.717, 1.165) is 22.2 Å². The number of amides is 1. The van der Waals surface area contributed by atoms with Gasteiger partial charge in [-0.1, -0.05) is 18.2 Å². The van der Waals surface area contributed by atoms with Gasteiger partial charge in [-0.05, 0) is 24.3 Å². The highest BCUT2D eigenvalue weighted by atomic mass is 16.2. The van der Waals surface area contributed by atoms with Crippen LogP contribution in [0.4, 0.5) is 11.5 Å². The Hall–Kier alpha value is -3.21. The number of nitrogens with zero attached hydrogens (tertiary/aromatic N) is 2. The molecule has 1 amide bonds. The third-order valence-electron chi connectivity index (χ3n) is 3.58. The summed E-state index contributed by atoms with van der Waals surface area (Å²) in [4.78, 5) is 20.6. The molecule has 5 nitrogen and oxygen atoms in total. The van der Waals surface area contributed by atoms with Gasteiger partial charge in [0.25, 0.3) is 5.91 Å². The van der Waals surface area contributed by atoms with E-state index in [1.54, 1.807) is 18.6 Å². The fourth-order valence-electron chi connectivity index (χ4n) is 2.53. The average Bonchev–Trinajstić information content (AvgIpc) is 2.88. The molecule has 0 fully saturated rings.